The topological polar surface area (TPSA) is 26.3 Å². The molecular formula is C10H10F2O2. The van der Waals surface area contributed by atoms with E-state index in [1.807, 2.05) is 0 Å². The Morgan fingerprint density at radius 2 is 2.14 bits per heavy atom. The van der Waals surface area contributed by atoms with Gasteiger partial charge in [0.25, 0.3) is 0 Å². The number of benzene rings is 1. The monoisotopic (exact) mass is 200 g/mol. The predicted molar refractivity (Wildman–Crippen MR) is 47.1 cm³/mol. The number of ether oxygens (including phenoxy) is 1. The Morgan fingerprint density at radius 3 is 2.71 bits per heavy atom. The van der Waals surface area contributed by atoms with Crippen molar-refractivity contribution in [2.75, 3.05) is 0 Å². The van der Waals surface area contributed by atoms with Gasteiger partial charge in [0.15, 0.2) is 11.6 Å². The number of carbonyl (C=O) groups is 1. The summed E-state index contributed by atoms with van der Waals surface area (Å²) in [7, 11) is 0. The van der Waals surface area contributed by atoms with Crippen molar-refractivity contribution in [3.05, 3.63) is 29.8 Å². The number of halogens is 2. The number of hydrogen-bond acceptors (Lipinski definition) is 2. The molecule has 0 spiro atoms. The Hall–Kier alpha value is -1.45. The average molecular weight is 200 g/mol. The van der Waals surface area contributed by atoms with E-state index in [0.717, 1.165) is 12.1 Å². The van der Waals surface area contributed by atoms with Gasteiger partial charge in [-0.05, 0) is 19.1 Å². The lowest BCUT2D eigenvalue weighted by Gasteiger charge is -2.11. The van der Waals surface area contributed by atoms with Crippen molar-refractivity contribution in [2.45, 2.75) is 19.4 Å². The summed E-state index contributed by atoms with van der Waals surface area (Å²) in [5.74, 6) is -1.65. The first-order chi connectivity index (χ1) is 6.63. The summed E-state index contributed by atoms with van der Waals surface area (Å²) in [6.07, 6.45) is 0.598. The standard InChI is InChI=1S/C10H10F2O2/c1-7(4-5-13)14-8-2-3-9(11)10(12)6-8/h2-3,5-7H,4H2,1H3. The van der Waals surface area contributed by atoms with Crippen molar-refractivity contribution in [1.82, 2.24) is 0 Å². The minimum atomic E-state index is -0.958. The molecule has 0 aliphatic heterocycles. The van der Waals surface area contributed by atoms with E-state index in [1.165, 1.54) is 6.07 Å². The first-order valence-electron chi connectivity index (χ1n) is 4.19. The van der Waals surface area contributed by atoms with Crippen LogP contribution in [-0.2, 0) is 4.79 Å². The number of rotatable bonds is 4. The number of carbonyl (C=O) groups excluding carboxylic acids is 1. The zero-order chi connectivity index (χ0) is 10.6. The van der Waals surface area contributed by atoms with Crippen molar-refractivity contribution in [1.29, 1.82) is 0 Å². The maximum atomic E-state index is 12.7. The third kappa shape index (κ3) is 2.80. The van der Waals surface area contributed by atoms with Gasteiger partial charge in [0, 0.05) is 12.5 Å². The van der Waals surface area contributed by atoms with Crippen LogP contribution < -0.4 is 4.74 Å². The van der Waals surface area contributed by atoms with E-state index in [4.69, 9.17) is 4.74 Å². The Kier molecular flexibility index (Phi) is 3.56. The van der Waals surface area contributed by atoms with Gasteiger partial charge < -0.3 is 9.53 Å². The van der Waals surface area contributed by atoms with Crippen LogP contribution in [0.25, 0.3) is 0 Å². The first kappa shape index (κ1) is 10.6. The molecule has 0 heterocycles. The van der Waals surface area contributed by atoms with Crippen LogP contribution in [-0.4, -0.2) is 12.4 Å². The zero-order valence-corrected chi connectivity index (χ0v) is 7.67. The normalized spacial score (nSPS) is 12.2. The fourth-order valence-corrected chi connectivity index (χ4v) is 0.966. The van der Waals surface area contributed by atoms with E-state index in [9.17, 15) is 13.6 Å². The molecule has 14 heavy (non-hydrogen) atoms. The van der Waals surface area contributed by atoms with Crippen LogP contribution in [0.3, 0.4) is 0 Å². The second-order valence-corrected chi connectivity index (χ2v) is 2.91. The van der Waals surface area contributed by atoms with E-state index in [2.05, 4.69) is 0 Å². The lowest BCUT2D eigenvalue weighted by molar-refractivity contribution is -0.109. The van der Waals surface area contributed by atoms with Gasteiger partial charge in [0.1, 0.15) is 18.1 Å². The summed E-state index contributed by atoms with van der Waals surface area (Å²) in [6.45, 7) is 1.68. The van der Waals surface area contributed by atoms with Gasteiger partial charge in [0.05, 0.1) is 0 Å². The van der Waals surface area contributed by atoms with Gasteiger partial charge in [-0.3, -0.25) is 0 Å². The molecule has 0 radical (unpaired) electrons. The van der Waals surface area contributed by atoms with E-state index in [-0.39, 0.29) is 18.3 Å². The molecule has 0 aliphatic rings. The molecule has 0 bridgehead atoms. The summed E-state index contributed by atoms with van der Waals surface area (Å²) >= 11 is 0. The molecule has 1 aromatic rings. The maximum absolute atomic E-state index is 12.7. The van der Waals surface area contributed by atoms with Crippen LogP contribution in [0, 0.1) is 11.6 Å². The largest absolute Gasteiger partial charge is 0.490 e. The Bertz CT molecular complexity index is 326. The van der Waals surface area contributed by atoms with Crippen molar-refractivity contribution in [2.24, 2.45) is 0 Å². The van der Waals surface area contributed by atoms with E-state index in [0.29, 0.717) is 6.29 Å². The molecule has 0 fully saturated rings. The Morgan fingerprint density at radius 1 is 1.43 bits per heavy atom. The summed E-state index contributed by atoms with van der Waals surface area (Å²) in [6, 6.07) is 3.26. The highest BCUT2D eigenvalue weighted by Gasteiger charge is 2.06. The lowest BCUT2D eigenvalue weighted by Crippen LogP contribution is -2.12. The summed E-state index contributed by atoms with van der Waals surface area (Å²) < 4.78 is 30.3. The molecule has 2 nitrogen and oxygen atoms in total. The van der Waals surface area contributed by atoms with Crippen LogP contribution >= 0.6 is 0 Å². The molecule has 76 valence electrons. The highest BCUT2D eigenvalue weighted by atomic mass is 19.2. The van der Waals surface area contributed by atoms with E-state index >= 15 is 0 Å². The van der Waals surface area contributed by atoms with Crippen LogP contribution in [0.2, 0.25) is 0 Å². The van der Waals surface area contributed by atoms with Gasteiger partial charge in [-0.15, -0.1) is 0 Å². The third-order valence-corrected chi connectivity index (χ3v) is 1.66. The van der Waals surface area contributed by atoms with Crippen molar-refractivity contribution in [3.63, 3.8) is 0 Å². The average Bonchev–Trinajstić information content (AvgIpc) is 2.12. The minimum absolute atomic E-state index is 0.221. The van der Waals surface area contributed by atoms with Crippen LogP contribution in [0.1, 0.15) is 13.3 Å². The molecule has 0 saturated carbocycles. The highest BCUT2D eigenvalue weighted by molar-refractivity contribution is 5.50. The maximum Gasteiger partial charge on any atom is 0.162 e. The van der Waals surface area contributed by atoms with Gasteiger partial charge in [-0.25, -0.2) is 8.78 Å². The lowest BCUT2D eigenvalue weighted by atomic mass is 10.3. The van der Waals surface area contributed by atoms with E-state index < -0.39 is 11.6 Å². The zero-order valence-electron chi connectivity index (χ0n) is 7.67. The highest BCUT2D eigenvalue weighted by Crippen LogP contribution is 2.17. The molecular weight excluding hydrogens is 190 g/mol. The van der Waals surface area contributed by atoms with Gasteiger partial charge >= 0.3 is 0 Å². The van der Waals surface area contributed by atoms with Crippen LogP contribution in [0.5, 0.6) is 5.75 Å². The van der Waals surface area contributed by atoms with Crippen molar-refractivity contribution in [3.8, 4) is 5.75 Å². The third-order valence-electron chi connectivity index (χ3n) is 1.66. The molecule has 1 rings (SSSR count). The fourth-order valence-electron chi connectivity index (χ4n) is 0.966. The molecule has 0 N–H and O–H groups in total. The molecule has 4 heteroatoms. The van der Waals surface area contributed by atoms with Crippen LogP contribution in [0.15, 0.2) is 18.2 Å². The van der Waals surface area contributed by atoms with Gasteiger partial charge in [-0.2, -0.15) is 0 Å². The van der Waals surface area contributed by atoms with Crippen LogP contribution in [0.4, 0.5) is 8.78 Å². The summed E-state index contributed by atoms with van der Waals surface area (Å²) in [4.78, 5) is 10.1. The number of aldehydes is 1. The van der Waals surface area contributed by atoms with E-state index in [1.54, 1.807) is 6.92 Å². The quantitative estimate of drug-likeness (QED) is 0.697. The van der Waals surface area contributed by atoms with Gasteiger partial charge in [-0.1, -0.05) is 0 Å². The summed E-state index contributed by atoms with van der Waals surface area (Å²) in [5.41, 5.74) is 0. The van der Waals surface area contributed by atoms with Crippen molar-refractivity contribution >= 4 is 6.29 Å². The fraction of sp³-hybridized carbons (Fsp3) is 0.300. The molecule has 0 amide bonds. The Labute approximate surface area is 80.5 Å². The second-order valence-electron chi connectivity index (χ2n) is 2.91. The molecule has 1 unspecified atom stereocenters. The number of hydrogen-bond donors (Lipinski definition) is 0. The molecule has 0 aliphatic carbocycles. The molecule has 0 aromatic heterocycles. The Balaban J connectivity index is 2.67. The first-order valence-corrected chi connectivity index (χ1v) is 4.19. The smallest absolute Gasteiger partial charge is 0.162 e. The molecule has 0 saturated heterocycles. The minimum Gasteiger partial charge on any atom is -0.490 e. The van der Waals surface area contributed by atoms with Gasteiger partial charge in [0.2, 0.25) is 0 Å². The molecule has 1 atom stereocenters. The predicted octanol–water partition coefficient (Wildman–Crippen LogP) is 2.32. The molecule has 1 aromatic carbocycles. The second kappa shape index (κ2) is 4.69. The van der Waals surface area contributed by atoms with Crippen molar-refractivity contribution < 1.29 is 18.3 Å². The SMILES string of the molecule is CC(CC=O)Oc1ccc(F)c(F)c1. The summed E-state index contributed by atoms with van der Waals surface area (Å²) in [5, 5.41) is 0.